The number of aryl methyl sites for hydroxylation is 2. The molecule has 0 saturated heterocycles. The van der Waals surface area contributed by atoms with Gasteiger partial charge in [0.15, 0.2) is 0 Å². The molecule has 0 bridgehead atoms. The second-order valence-electron chi connectivity index (χ2n) is 4.80. The van der Waals surface area contributed by atoms with Gasteiger partial charge in [-0.1, -0.05) is 0 Å². The monoisotopic (exact) mass is 294 g/mol. The molecule has 1 amide bonds. The number of hydrogen-bond donors (Lipinski definition) is 1. The summed E-state index contributed by atoms with van der Waals surface area (Å²) < 4.78 is 1.66. The van der Waals surface area contributed by atoms with E-state index in [0.29, 0.717) is 17.2 Å². The lowest BCUT2D eigenvalue weighted by atomic mass is 10.2. The van der Waals surface area contributed by atoms with Crippen molar-refractivity contribution in [2.45, 2.75) is 13.8 Å². The smallest absolute Gasteiger partial charge is 0.255 e. The van der Waals surface area contributed by atoms with Crippen molar-refractivity contribution in [1.82, 2.24) is 24.7 Å². The van der Waals surface area contributed by atoms with Crippen LogP contribution in [-0.2, 0) is 0 Å². The fourth-order valence-electron chi connectivity index (χ4n) is 2.03. The third-order valence-electron chi connectivity index (χ3n) is 3.04. The van der Waals surface area contributed by atoms with Crippen molar-refractivity contribution in [1.29, 1.82) is 0 Å². The number of aromatic nitrogens is 5. The van der Waals surface area contributed by atoms with E-state index in [4.69, 9.17) is 0 Å². The second kappa shape index (κ2) is 5.72. The Kier molecular flexibility index (Phi) is 3.61. The Morgan fingerprint density at radius 3 is 2.41 bits per heavy atom. The van der Waals surface area contributed by atoms with Crippen LogP contribution in [0.2, 0.25) is 0 Å². The van der Waals surface area contributed by atoms with Gasteiger partial charge in [0.05, 0.1) is 23.8 Å². The zero-order chi connectivity index (χ0) is 15.5. The zero-order valence-electron chi connectivity index (χ0n) is 12.2. The lowest BCUT2D eigenvalue weighted by Gasteiger charge is -2.06. The standard InChI is InChI=1S/C15H14N6O/c1-10-7-11(2)21(20-10)15-17-8-13(9-18-15)19-14(22)12-3-5-16-6-4-12/h3-9H,1-2H3,(H,19,22). The molecular formula is C15H14N6O. The van der Waals surface area contributed by atoms with Gasteiger partial charge in [-0.3, -0.25) is 9.78 Å². The van der Waals surface area contributed by atoms with Gasteiger partial charge in [-0.25, -0.2) is 14.6 Å². The molecule has 0 radical (unpaired) electrons. The van der Waals surface area contributed by atoms with Gasteiger partial charge in [0.25, 0.3) is 11.9 Å². The predicted octanol–water partition coefficient (Wildman–Crippen LogP) is 1.93. The Hall–Kier alpha value is -3.09. The molecule has 3 rings (SSSR count). The van der Waals surface area contributed by atoms with E-state index in [1.54, 1.807) is 41.6 Å². The molecule has 0 aliphatic carbocycles. The first-order valence-corrected chi connectivity index (χ1v) is 6.70. The molecule has 0 aromatic carbocycles. The van der Waals surface area contributed by atoms with Crippen LogP contribution >= 0.6 is 0 Å². The van der Waals surface area contributed by atoms with Crippen molar-refractivity contribution < 1.29 is 4.79 Å². The highest BCUT2D eigenvalue weighted by atomic mass is 16.1. The average Bonchev–Trinajstić information content (AvgIpc) is 2.87. The molecule has 7 heteroatoms. The molecule has 0 aliphatic heterocycles. The summed E-state index contributed by atoms with van der Waals surface area (Å²) in [4.78, 5) is 24.4. The average molecular weight is 294 g/mol. The maximum Gasteiger partial charge on any atom is 0.255 e. The third kappa shape index (κ3) is 2.83. The molecule has 0 spiro atoms. The van der Waals surface area contributed by atoms with Gasteiger partial charge in [0, 0.05) is 23.7 Å². The number of pyridine rings is 1. The summed E-state index contributed by atoms with van der Waals surface area (Å²) in [6, 6.07) is 5.23. The van der Waals surface area contributed by atoms with Gasteiger partial charge in [0.2, 0.25) is 0 Å². The van der Waals surface area contributed by atoms with Crippen LogP contribution in [0.25, 0.3) is 5.95 Å². The summed E-state index contributed by atoms with van der Waals surface area (Å²) in [5.74, 6) is 0.234. The van der Waals surface area contributed by atoms with Crippen LogP contribution in [0.15, 0.2) is 43.0 Å². The van der Waals surface area contributed by atoms with Gasteiger partial charge < -0.3 is 5.32 Å². The summed E-state index contributed by atoms with van der Waals surface area (Å²) in [5.41, 5.74) is 2.90. The summed E-state index contributed by atoms with van der Waals surface area (Å²) in [6.45, 7) is 3.84. The van der Waals surface area contributed by atoms with Crippen LogP contribution in [0.3, 0.4) is 0 Å². The van der Waals surface area contributed by atoms with E-state index in [1.807, 2.05) is 19.9 Å². The maximum absolute atomic E-state index is 12.0. The first-order valence-electron chi connectivity index (χ1n) is 6.70. The van der Waals surface area contributed by atoms with Gasteiger partial charge >= 0.3 is 0 Å². The fourth-order valence-corrected chi connectivity index (χ4v) is 2.03. The lowest BCUT2D eigenvalue weighted by molar-refractivity contribution is 0.102. The minimum atomic E-state index is -0.232. The molecule has 0 fully saturated rings. The number of nitrogens with one attached hydrogen (secondary N) is 1. The van der Waals surface area contributed by atoms with Gasteiger partial charge in [-0.05, 0) is 32.0 Å². The summed E-state index contributed by atoms with van der Waals surface area (Å²) >= 11 is 0. The van der Waals surface area contributed by atoms with E-state index >= 15 is 0 Å². The number of anilines is 1. The Balaban J connectivity index is 1.77. The van der Waals surface area contributed by atoms with Gasteiger partial charge in [0.1, 0.15) is 0 Å². The Morgan fingerprint density at radius 1 is 1.14 bits per heavy atom. The minimum Gasteiger partial charge on any atom is -0.319 e. The first kappa shape index (κ1) is 13.9. The predicted molar refractivity (Wildman–Crippen MR) is 80.8 cm³/mol. The molecule has 3 aromatic heterocycles. The summed E-state index contributed by atoms with van der Waals surface area (Å²) in [7, 11) is 0. The zero-order valence-corrected chi connectivity index (χ0v) is 12.2. The van der Waals surface area contributed by atoms with E-state index in [0.717, 1.165) is 11.4 Å². The number of hydrogen-bond acceptors (Lipinski definition) is 5. The van der Waals surface area contributed by atoms with Crippen molar-refractivity contribution >= 4 is 11.6 Å². The van der Waals surface area contributed by atoms with Gasteiger partial charge in [-0.15, -0.1) is 0 Å². The van der Waals surface area contributed by atoms with Crippen LogP contribution in [0.1, 0.15) is 21.7 Å². The van der Waals surface area contributed by atoms with Crippen LogP contribution < -0.4 is 5.32 Å². The van der Waals surface area contributed by atoms with Gasteiger partial charge in [-0.2, -0.15) is 5.10 Å². The minimum absolute atomic E-state index is 0.232. The Labute approximate surface area is 127 Å². The van der Waals surface area contributed by atoms with E-state index in [9.17, 15) is 4.79 Å². The van der Waals surface area contributed by atoms with Crippen LogP contribution in [-0.4, -0.2) is 30.6 Å². The number of rotatable bonds is 3. The highest BCUT2D eigenvalue weighted by molar-refractivity contribution is 6.03. The molecule has 3 heterocycles. The molecule has 0 aliphatic rings. The van der Waals surface area contributed by atoms with E-state index < -0.39 is 0 Å². The van der Waals surface area contributed by atoms with Crippen molar-refractivity contribution in [3.8, 4) is 5.95 Å². The molecular weight excluding hydrogens is 280 g/mol. The van der Waals surface area contributed by atoms with Crippen LogP contribution in [0.4, 0.5) is 5.69 Å². The van der Waals surface area contributed by atoms with Crippen molar-refractivity contribution in [2.75, 3.05) is 5.32 Å². The summed E-state index contributed by atoms with van der Waals surface area (Å²) in [6.07, 6.45) is 6.24. The SMILES string of the molecule is Cc1cc(C)n(-c2ncc(NC(=O)c3ccncc3)cn2)n1. The van der Waals surface area contributed by atoms with E-state index in [1.165, 1.54) is 0 Å². The first-order chi connectivity index (χ1) is 10.6. The number of amides is 1. The van der Waals surface area contributed by atoms with Crippen LogP contribution in [0, 0.1) is 13.8 Å². The molecule has 1 N–H and O–H groups in total. The molecule has 3 aromatic rings. The van der Waals surface area contributed by atoms with E-state index in [-0.39, 0.29) is 5.91 Å². The third-order valence-corrected chi connectivity index (χ3v) is 3.04. The topological polar surface area (TPSA) is 85.6 Å². The highest BCUT2D eigenvalue weighted by Gasteiger charge is 2.08. The van der Waals surface area contributed by atoms with Crippen molar-refractivity contribution in [3.63, 3.8) is 0 Å². The fraction of sp³-hybridized carbons (Fsp3) is 0.133. The van der Waals surface area contributed by atoms with Crippen LogP contribution in [0.5, 0.6) is 0 Å². The molecule has 7 nitrogen and oxygen atoms in total. The quantitative estimate of drug-likeness (QED) is 0.797. The largest absolute Gasteiger partial charge is 0.319 e. The highest BCUT2D eigenvalue weighted by Crippen LogP contribution is 2.10. The normalized spacial score (nSPS) is 10.5. The number of carbonyl (C=O) groups is 1. The summed E-state index contributed by atoms with van der Waals surface area (Å²) in [5, 5.41) is 7.05. The second-order valence-corrected chi connectivity index (χ2v) is 4.80. The van der Waals surface area contributed by atoms with Crippen molar-refractivity contribution in [3.05, 3.63) is 59.9 Å². The van der Waals surface area contributed by atoms with E-state index in [2.05, 4.69) is 25.4 Å². The molecule has 0 unspecified atom stereocenters. The maximum atomic E-state index is 12.0. The number of nitrogens with zero attached hydrogens (tertiary/aromatic N) is 5. The Bertz CT molecular complexity index is 795. The lowest BCUT2D eigenvalue weighted by Crippen LogP contribution is -2.13. The Morgan fingerprint density at radius 2 is 1.82 bits per heavy atom. The number of carbonyl (C=O) groups excluding carboxylic acids is 1. The van der Waals surface area contributed by atoms with Crippen molar-refractivity contribution in [2.24, 2.45) is 0 Å². The molecule has 22 heavy (non-hydrogen) atoms. The molecule has 0 saturated carbocycles. The molecule has 110 valence electrons. The molecule has 0 atom stereocenters.